The highest BCUT2D eigenvalue weighted by Gasteiger charge is 2.09. The lowest BCUT2D eigenvalue weighted by molar-refractivity contribution is 0.0946. The van der Waals surface area contributed by atoms with Crippen LogP contribution in [-0.4, -0.2) is 22.2 Å². The van der Waals surface area contributed by atoms with Gasteiger partial charge in [-0.25, -0.2) is 4.68 Å². The SMILES string of the molecule is O=C(NCCc1ccc(Cl)cc1)c1ccc(=O)n(Cc2ccccc2)n1. The van der Waals surface area contributed by atoms with Gasteiger partial charge in [0.1, 0.15) is 5.69 Å². The summed E-state index contributed by atoms with van der Waals surface area (Å²) in [5.41, 5.74) is 2.00. The number of amides is 1. The Morgan fingerprint density at radius 1 is 0.962 bits per heavy atom. The van der Waals surface area contributed by atoms with E-state index in [2.05, 4.69) is 10.4 Å². The average molecular weight is 368 g/mol. The average Bonchev–Trinajstić information content (AvgIpc) is 2.66. The lowest BCUT2D eigenvalue weighted by Crippen LogP contribution is -2.30. The Morgan fingerprint density at radius 3 is 2.42 bits per heavy atom. The first kappa shape index (κ1) is 17.9. The number of aromatic nitrogens is 2. The highest BCUT2D eigenvalue weighted by Crippen LogP contribution is 2.09. The molecular formula is C20H18ClN3O2. The van der Waals surface area contributed by atoms with Crippen LogP contribution in [0.1, 0.15) is 21.6 Å². The molecule has 0 atom stereocenters. The number of benzene rings is 2. The van der Waals surface area contributed by atoms with E-state index in [1.165, 1.54) is 16.8 Å². The number of rotatable bonds is 6. The summed E-state index contributed by atoms with van der Waals surface area (Å²) in [4.78, 5) is 24.3. The number of hydrogen-bond donors (Lipinski definition) is 1. The van der Waals surface area contributed by atoms with Crippen molar-refractivity contribution in [2.24, 2.45) is 0 Å². The van der Waals surface area contributed by atoms with Gasteiger partial charge in [0.05, 0.1) is 6.54 Å². The van der Waals surface area contributed by atoms with Crippen LogP contribution in [0.25, 0.3) is 0 Å². The first-order valence-electron chi connectivity index (χ1n) is 8.26. The van der Waals surface area contributed by atoms with Crippen LogP contribution in [0.3, 0.4) is 0 Å². The first-order chi connectivity index (χ1) is 12.6. The second kappa shape index (κ2) is 8.45. The third kappa shape index (κ3) is 4.80. The maximum Gasteiger partial charge on any atom is 0.271 e. The van der Waals surface area contributed by atoms with Crippen LogP contribution in [0.4, 0.5) is 0 Å². The van der Waals surface area contributed by atoms with E-state index >= 15 is 0 Å². The third-order valence-electron chi connectivity index (χ3n) is 3.89. The minimum Gasteiger partial charge on any atom is -0.350 e. The molecule has 0 aliphatic carbocycles. The largest absolute Gasteiger partial charge is 0.350 e. The Morgan fingerprint density at radius 2 is 1.69 bits per heavy atom. The van der Waals surface area contributed by atoms with Crippen LogP contribution in [0.15, 0.2) is 71.5 Å². The molecule has 6 heteroatoms. The van der Waals surface area contributed by atoms with E-state index in [1.807, 2.05) is 54.6 Å². The van der Waals surface area contributed by atoms with E-state index in [9.17, 15) is 9.59 Å². The number of halogens is 1. The second-order valence-corrected chi connectivity index (χ2v) is 6.27. The monoisotopic (exact) mass is 367 g/mol. The molecule has 0 radical (unpaired) electrons. The quantitative estimate of drug-likeness (QED) is 0.728. The van der Waals surface area contributed by atoms with Crippen molar-refractivity contribution in [3.8, 4) is 0 Å². The molecule has 1 heterocycles. The van der Waals surface area contributed by atoms with Crippen molar-refractivity contribution in [1.82, 2.24) is 15.1 Å². The summed E-state index contributed by atoms with van der Waals surface area (Å²) in [6.07, 6.45) is 0.687. The number of nitrogens with one attached hydrogen (secondary N) is 1. The Balaban J connectivity index is 1.63. The zero-order valence-electron chi connectivity index (χ0n) is 14.1. The Labute approximate surface area is 156 Å². The van der Waals surface area contributed by atoms with Gasteiger partial charge in [0.15, 0.2) is 0 Å². The Bertz CT molecular complexity index is 937. The molecule has 0 unspecified atom stereocenters. The van der Waals surface area contributed by atoms with Crippen molar-refractivity contribution >= 4 is 17.5 Å². The fourth-order valence-corrected chi connectivity index (χ4v) is 2.63. The van der Waals surface area contributed by atoms with Gasteiger partial charge in [0, 0.05) is 17.6 Å². The van der Waals surface area contributed by atoms with Gasteiger partial charge in [0.25, 0.3) is 11.5 Å². The van der Waals surface area contributed by atoms with Gasteiger partial charge >= 0.3 is 0 Å². The molecule has 1 amide bonds. The normalized spacial score (nSPS) is 10.5. The number of hydrogen-bond acceptors (Lipinski definition) is 3. The van der Waals surface area contributed by atoms with Crippen molar-refractivity contribution in [2.45, 2.75) is 13.0 Å². The summed E-state index contributed by atoms with van der Waals surface area (Å²) in [5, 5.41) is 7.69. The van der Waals surface area contributed by atoms with Crippen molar-refractivity contribution in [1.29, 1.82) is 0 Å². The van der Waals surface area contributed by atoms with Gasteiger partial charge in [-0.2, -0.15) is 5.10 Å². The van der Waals surface area contributed by atoms with Gasteiger partial charge in [-0.05, 0) is 35.7 Å². The van der Waals surface area contributed by atoms with Gasteiger partial charge in [-0.15, -0.1) is 0 Å². The van der Waals surface area contributed by atoms with Crippen LogP contribution >= 0.6 is 11.6 Å². The molecule has 0 spiro atoms. The van der Waals surface area contributed by atoms with E-state index in [0.29, 0.717) is 24.5 Å². The topological polar surface area (TPSA) is 64.0 Å². The summed E-state index contributed by atoms with van der Waals surface area (Å²) in [7, 11) is 0. The number of nitrogens with zero attached hydrogens (tertiary/aromatic N) is 2. The Hall–Kier alpha value is -2.92. The van der Waals surface area contributed by atoms with Crippen molar-refractivity contribution in [3.05, 3.63) is 98.9 Å². The molecule has 3 aromatic rings. The Kier molecular flexibility index (Phi) is 5.81. The summed E-state index contributed by atoms with van der Waals surface area (Å²) in [6, 6.07) is 19.8. The number of carbonyl (C=O) groups excluding carboxylic acids is 1. The van der Waals surface area contributed by atoms with Crippen LogP contribution in [0, 0.1) is 0 Å². The fourth-order valence-electron chi connectivity index (χ4n) is 2.50. The molecule has 0 saturated carbocycles. The minimum absolute atomic E-state index is 0.219. The lowest BCUT2D eigenvalue weighted by Gasteiger charge is -2.08. The second-order valence-electron chi connectivity index (χ2n) is 5.83. The van der Waals surface area contributed by atoms with Gasteiger partial charge < -0.3 is 5.32 Å². The zero-order chi connectivity index (χ0) is 18.4. The highest BCUT2D eigenvalue weighted by atomic mass is 35.5. The first-order valence-corrected chi connectivity index (χ1v) is 8.64. The molecule has 0 bridgehead atoms. The minimum atomic E-state index is -0.305. The summed E-state index contributed by atoms with van der Waals surface area (Å²) in [6.45, 7) is 0.797. The van der Waals surface area contributed by atoms with E-state index in [-0.39, 0.29) is 17.2 Å². The summed E-state index contributed by atoms with van der Waals surface area (Å²) < 4.78 is 1.30. The molecule has 0 saturated heterocycles. The van der Waals surface area contributed by atoms with Gasteiger partial charge in [-0.1, -0.05) is 54.1 Å². The standard InChI is InChI=1S/C20H18ClN3O2/c21-17-8-6-15(7-9-17)12-13-22-20(26)18-10-11-19(25)24(23-18)14-16-4-2-1-3-5-16/h1-11H,12-14H2,(H,22,26). The van der Waals surface area contributed by atoms with Crippen molar-refractivity contribution in [3.63, 3.8) is 0 Å². The molecule has 2 aromatic carbocycles. The zero-order valence-corrected chi connectivity index (χ0v) is 14.8. The molecular weight excluding hydrogens is 350 g/mol. The third-order valence-corrected chi connectivity index (χ3v) is 4.14. The van der Waals surface area contributed by atoms with Crippen LogP contribution in [0.2, 0.25) is 5.02 Å². The smallest absolute Gasteiger partial charge is 0.271 e. The fraction of sp³-hybridized carbons (Fsp3) is 0.150. The predicted octanol–water partition coefficient (Wildman–Crippen LogP) is 2.92. The van der Waals surface area contributed by atoms with Crippen molar-refractivity contribution < 1.29 is 4.79 Å². The molecule has 132 valence electrons. The molecule has 1 aromatic heterocycles. The van der Waals surface area contributed by atoms with Crippen molar-refractivity contribution in [2.75, 3.05) is 6.54 Å². The predicted molar refractivity (Wildman–Crippen MR) is 102 cm³/mol. The maximum atomic E-state index is 12.3. The molecule has 1 N–H and O–H groups in total. The maximum absolute atomic E-state index is 12.3. The summed E-state index contributed by atoms with van der Waals surface area (Å²) >= 11 is 5.86. The van der Waals surface area contributed by atoms with Crippen LogP contribution in [-0.2, 0) is 13.0 Å². The molecule has 0 aliphatic heterocycles. The highest BCUT2D eigenvalue weighted by molar-refractivity contribution is 6.30. The lowest BCUT2D eigenvalue weighted by atomic mass is 10.1. The van der Waals surface area contributed by atoms with Gasteiger partial charge in [-0.3, -0.25) is 9.59 Å². The van der Waals surface area contributed by atoms with Crippen LogP contribution in [0.5, 0.6) is 0 Å². The van der Waals surface area contributed by atoms with Crippen LogP contribution < -0.4 is 10.9 Å². The van der Waals surface area contributed by atoms with E-state index in [4.69, 9.17) is 11.6 Å². The summed E-state index contributed by atoms with van der Waals surface area (Å²) in [5.74, 6) is -0.305. The van der Waals surface area contributed by atoms with Gasteiger partial charge in [0.2, 0.25) is 0 Å². The number of carbonyl (C=O) groups is 1. The molecule has 5 nitrogen and oxygen atoms in total. The van der Waals surface area contributed by atoms with E-state index < -0.39 is 0 Å². The van der Waals surface area contributed by atoms with E-state index in [1.54, 1.807) is 0 Å². The molecule has 0 fully saturated rings. The molecule has 26 heavy (non-hydrogen) atoms. The molecule has 0 aliphatic rings. The molecule has 3 rings (SSSR count). The van der Waals surface area contributed by atoms with E-state index in [0.717, 1.165) is 11.1 Å².